The summed E-state index contributed by atoms with van der Waals surface area (Å²) in [5, 5.41) is 7.44. The minimum absolute atomic E-state index is 0.383. The SMILES string of the molecule is CNC(CCCc1ccccc1)c1snnc1C. The maximum absolute atomic E-state index is 4.08. The molecule has 0 fully saturated rings. The zero-order chi connectivity index (χ0) is 12.8. The molecule has 0 saturated heterocycles. The van der Waals surface area contributed by atoms with Crippen molar-refractivity contribution in [3.63, 3.8) is 0 Å². The number of hydrogen-bond acceptors (Lipinski definition) is 4. The third-order valence-electron chi connectivity index (χ3n) is 3.15. The van der Waals surface area contributed by atoms with Crippen molar-refractivity contribution >= 4 is 11.5 Å². The van der Waals surface area contributed by atoms with E-state index in [-0.39, 0.29) is 0 Å². The molecule has 0 aliphatic rings. The molecule has 0 aliphatic carbocycles. The second-order valence-electron chi connectivity index (χ2n) is 4.44. The van der Waals surface area contributed by atoms with Crippen LogP contribution < -0.4 is 5.32 Å². The molecule has 2 rings (SSSR count). The Morgan fingerprint density at radius 2 is 2.06 bits per heavy atom. The van der Waals surface area contributed by atoms with Crippen LogP contribution in [0.25, 0.3) is 0 Å². The maximum atomic E-state index is 4.08. The van der Waals surface area contributed by atoms with E-state index in [0.717, 1.165) is 18.5 Å². The molecular weight excluding hydrogens is 242 g/mol. The fraction of sp³-hybridized carbons (Fsp3) is 0.429. The Kier molecular flexibility index (Phi) is 4.84. The highest BCUT2D eigenvalue weighted by Gasteiger charge is 2.14. The molecule has 1 atom stereocenters. The Labute approximate surface area is 112 Å². The summed E-state index contributed by atoms with van der Waals surface area (Å²) >= 11 is 1.50. The van der Waals surface area contributed by atoms with Crippen LogP contribution in [0.1, 0.15) is 35.0 Å². The molecule has 1 N–H and O–H groups in total. The van der Waals surface area contributed by atoms with Gasteiger partial charge in [-0.15, -0.1) is 5.10 Å². The van der Waals surface area contributed by atoms with Crippen LogP contribution in [0.4, 0.5) is 0 Å². The van der Waals surface area contributed by atoms with Crippen LogP contribution >= 0.6 is 11.5 Å². The summed E-state index contributed by atoms with van der Waals surface area (Å²) in [5.74, 6) is 0. The summed E-state index contributed by atoms with van der Waals surface area (Å²) in [4.78, 5) is 1.27. The van der Waals surface area contributed by atoms with Crippen molar-refractivity contribution in [2.24, 2.45) is 0 Å². The van der Waals surface area contributed by atoms with Crippen LogP contribution in [0.15, 0.2) is 30.3 Å². The molecule has 1 heterocycles. The van der Waals surface area contributed by atoms with E-state index in [0.29, 0.717) is 6.04 Å². The van der Waals surface area contributed by atoms with E-state index in [2.05, 4.69) is 45.2 Å². The first-order chi connectivity index (χ1) is 8.81. The van der Waals surface area contributed by atoms with Crippen molar-refractivity contribution < 1.29 is 0 Å². The molecule has 1 aromatic carbocycles. The molecule has 96 valence electrons. The largest absolute Gasteiger partial charge is 0.312 e. The molecule has 0 amide bonds. The fourth-order valence-corrected chi connectivity index (χ4v) is 2.91. The van der Waals surface area contributed by atoms with Gasteiger partial charge in [-0.2, -0.15) is 0 Å². The van der Waals surface area contributed by atoms with Crippen molar-refractivity contribution in [2.75, 3.05) is 7.05 Å². The lowest BCUT2D eigenvalue weighted by Gasteiger charge is -2.14. The van der Waals surface area contributed by atoms with E-state index in [1.54, 1.807) is 0 Å². The predicted octanol–water partition coefficient (Wildman–Crippen LogP) is 3.13. The molecule has 18 heavy (non-hydrogen) atoms. The molecule has 4 heteroatoms. The quantitative estimate of drug-likeness (QED) is 0.868. The van der Waals surface area contributed by atoms with Gasteiger partial charge in [0.15, 0.2) is 0 Å². The molecular formula is C14H19N3S. The fourth-order valence-electron chi connectivity index (χ4n) is 2.12. The van der Waals surface area contributed by atoms with Gasteiger partial charge < -0.3 is 5.32 Å². The number of nitrogens with zero attached hydrogens (tertiary/aromatic N) is 2. The highest BCUT2D eigenvalue weighted by Crippen LogP contribution is 2.24. The van der Waals surface area contributed by atoms with Crippen molar-refractivity contribution in [1.82, 2.24) is 14.9 Å². The zero-order valence-corrected chi connectivity index (χ0v) is 11.7. The van der Waals surface area contributed by atoms with Crippen molar-refractivity contribution in [2.45, 2.75) is 32.2 Å². The third-order valence-corrected chi connectivity index (χ3v) is 4.09. The molecule has 3 nitrogen and oxygen atoms in total. The number of aromatic nitrogens is 2. The third kappa shape index (κ3) is 3.37. The lowest BCUT2D eigenvalue weighted by Crippen LogP contribution is -2.16. The van der Waals surface area contributed by atoms with Gasteiger partial charge in [0.2, 0.25) is 0 Å². The summed E-state index contributed by atoms with van der Waals surface area (Å²) in [6.07, 6.45) is 3.42. The molecule has 1 aromatic heterocycles. The molecule has 2 aromatic rings. The van der Waals surface area contributed by atoms with Crippen molar-refractivity contribution in [3.8, 4) is 0 Å². The summed E-state index contributed by atoms with van der Waals surface area (Å²) in [7, 11) is 2.01. The summed E-state index contributed by atoms with van der Waals surface area (Å²) in [5.41, 5.74) is 2.46. The Morgan fingerprint density at radius 1 is 1.28 bits per heavy atom. The van der Waals surface area contributed by atoms with Gasteiger partial charge in [0.25, 0.3) is 0 Å². The molecule has 0 spiro atoms. The summed E-state index contributed by atoms with van der Waals surface area (Å²) < 4.78 is 4.01. The Balaban J connectivity index is 1.87. The number of hydrogen-bond donors (Lipinski definition) is 1. The smallest absolute Gasteiger partial charge is 0.0772 e. The normalized spacial score (nSPS) is 12.6. The first-order valence-electron chi connectivity index (χ1n) is 6.31. The van der Waals surface area contributed by atoms with Gasteiger partial charge in [-0.25, -0.2) is 0 Å². The number of rotatable bonds is 6. The van der Waals surface area contributed by atoms with E-state index < -0.39 is 0 Å². The first kappa shape index (κ1) is 13.2. The lowest BCUT2D eigenvalue weighted by molar-refractivity contribution is 0.531. The molecule has 0 saturated carbocycles. The average molecular weight is 261 g/mol. The summed E-state index contributed by atoms with van der Waals surface area (Å²) in [6.45, 7) is 2.03. The van der Waals surface area contributed by atoms with Crippen molar-refractivity contribution in [1.29, 1.82) is 0 Å². The number of nitrogens with one attached hydrogen (secondary N) is 1. The summed E-state index contributed by atoms with van der Waals surface area (Å²) in [6, 6.07) is 11.0. The first-order valence-corrected chi connectivity index (χ1v) is 7.08. The van der Waals surface area contributed by atoms with Crippen LogP contribution in [0.2, 0.25) is 0 Å². The minimum Gasteiger partial charge on any atom is -0.312 e. The minimum atomic E-state index is 0.383. The van der Waals surface area contributed by atoms with Crippen LogP contribution in [0, 0.1) is 6.92 Å². The topological polar surface area (TPSA) is 37.8 Å². The van der Waals surface area contributed by atoms with Crippen molar-refractivity contribution in [3.05, 3.63) is 46.5 Å². The van der Waals surface area contributed by atoms with E-state index >= 15 is 0 Å². The van der Waals surface area contributed by atoms with Gasteiger partial charge in [-0.1, -0.05) is 34.8 Å². The molecule has 1 unspecified atom stereocenters. The number of benzene rings is 1. The second kappa shape index (κ2) is 6.61. The monoisotopic (exact) mass is 261 g/mol. The zero-order valence-electron chi connectivity index (χ0n) is 10.9. The molecule has 0 radical (unpaired) electrons. The van der Waals surface area contributed by atoms with Gasteiger partial charge in [-0.3, -0.25) is 0 Å². The van der Waals surface area contributed by atoms with E-state index in [1.807, 2.05) is 14.0 Å². The van der Waals surface area contributed by atoms with Gasteiger partial charge in [-0.05, 0) is 50.3 Å². The molecule has 0 aliphatic heterocycles. The van der Waals surface area contributed by atoms with Crippen LogP contribution in [-0.4, -0.2) is 16.6 Å². The van der Waals surface area contributed by atoms with Gasteiger partial charge in [0, 0.05) is 6.04 Å². The highest BCUT2D eigenvalue weighted by molar-refractivity contribution is 7.05. The van der Waals surface area contributed by atoms with E-state index in [9.17, 15) is 0 Å². The van der Waals surface area contributed by atoms with Gasteiger partial charge in [0.1, 0.15) is 0 Å². The van der Waals surface area contributed by atoms with Crippen LogP contribution in [0.5, 0.6) is 0 Å². The van der Waals surface area contributed by atoms with E-state index in [4.69, 9.17) is 0 Å². The Hall–Kier alpha value is -1.26. The second-order valence-corrected chi connectivity index (χ2v) is 5.23. The standard InChI is InChI=1S/C14H19N3S/c1-11-14(18-17-16-11)13(15-2)10-6-9-12-7-4-3-5-8-12/h3-5,7-8,13,15H,6,9-10H2,1-2H3. The lowest BCUT2D eigenvalue weighted by atomic mass is 10.0. The predicted molar refractivity (Wildman–Crippen MR) is 75.8 cm³/mol. The van der Waals surface area contributed by atoms with Gasteiger partial charge in [0.05, 0.1) is 10.6 Å². The average Bonchev–Trinajstić information content (AvgIpc) is 2.82. The van der Waals surface area contributed by atoms with E-state index in [1.165, 1.54) is 28.4 Å². The Morgan fingerprint density at radius 3 is 2.67 bits per heavy atom. The van der Waals surface area contributed by atoms with Gasteiger partial charge >= 0.3 is 0 Å². The highest BCUT2D eigenvalue weighted by atomic mass is 32.1. The van der Waals surface area contributed by atoms with Crippen LogP contribution in [-0.2, 0) is 6.42 Å². The number of aryl methyl sites for hydroxylation is 2. The molecule has 0 bridgehead atoms. The maximum Gasteiger partial charge on any atom is 0.0772 e. The Bertz CT molecular complexity index is 467. The van der Waals surface area contributed by atoms with Crippen LogP contribution in [0.3, 0.4) is 0 Å².